The van der Waals surface area contributed by atoms with E-state index in [1.54, 1.807) is 36.3 Å². The molecule has 0 saturated carbocycles. The number of nitrogens with zero attached hydrogens (tertiary/aromatic N) is 1. The third kappa shape index (κ3) is 7.79. The highest BCUT2D eigenvalue weighted by atomic mass is 35.5. The van der Waals surface area contributed by atoms with Gasteiger partial charge >= 0.3 is 0 Å². The summed E-state index contributed by atoms with van der Waals surface area (Å²) in [7, 11) is 1.60. The molecule has 0 unspecified atom stereocenters. The maximum absolute atomic E-state index is 13.1. The fourth-order valence-corrected chi connectivity index (χ4v) is 3.39. The summed E-state index contributed by atoms with van der Waals surface area (Å²) in [5.74, 6) is 1.20. The number of hydrogen-bond acceptors (Lipinski definition) is 4. The van der Waals surface area contributed by atoms with Crippen molar-refractivity contribution in [2.24, 2.45) is 0 Å². The average molecular weight is 447 g/mol. The number of amides is 2. The Kier molecular flexibility index (Phi) is 10.2. The number of methoxy groups -OCH3 is 1. The number of rotatable bonds is 12. The van der Waals surface area contributed by atoms with Crippen LogP contribution in [0.2, 0.25) is 5.02 Å². The molecule has 0 aliphatic heterocycles. The van der Waals surface area contributed by atoms with Crippen LogP contribution in [0, 0.1) is 0 Å². The van der Waals surface area contributed by atoms with Crippen LogP contribution in [0.5, 0.6) is 11.5 Å². The van der Waals surface area contributed by atoms with Gasteiger partial charge < -0.3 is 19.7 Å². The molecular weight excluding hydrogens is 416 g/mol. The van der Waals surface area contributed by atoms with Crippen molar-refractivity contribution in [2.45, 2.75) is 45.7 Å². The third-order valence-electron chi connectivity index (χ3n) is 4.84. The van der Waals surface area contributed by atoms with E-state index < -0.39 is 6.04 Å². The minimum atomic E-state index is -0.532. The molecule has 0 aromatic heterocycles. The molecule has 0 bridgehead atoms. The maximum atomic E-state index is 13.1. The van der Waals surface area contributed by atoms with Crippen LogP contribution in [0.3, 0.4) is 0 Å². The zero-order chi connectivity index (χ0) is 22.6. The first-order valence-electron chi connectivity index (χ1n) is 10.6. The Morgan fingerprint density at radius 2 is 1.84 bits per heavy atom. The summed E-state index contributed by atoms with van der Waals surface area (Å²) >= 11 is 5.88. The molecular formula is C24H31ClN2O4. The van der Waals surface area contributed by atoms with Crippen molar-refractivity contribution in [3.63, 3.8) is 0 Å². The molecule has 31 heavy (non-hydrogen) atoms. The van der Waals surface area contributed by atoms with Crippen LogP contribution in [0.25, 0.3) is 0 Å². The van der Waals surface area contributed by atoms with Crippen LogP contribution in [0.1, 0.15) is 38.7 Å². The number of carbonyl (C=O) groups excluding carboxylic acids is 2. The van der Waals surface area contributed by atoms with Crippen LogP contribution < -0.4 is 14.8 Å². The van der Waals surface area contributed by atoms with Crippen LogP contribution in [0.15, 0.2) is 48.5 Å². The predicted octanol–water partition coefficient (Wildman–Crippen LogP) is 4.45. The van der Waals surface area contributed by atoms with Crippen molar-refractivity contribution in [3.05, 3.63) is 59.1 Å². The number of ether oxygens (including phenoxy) is 2. The minimum absolute atomic E-state index is 0.0828. The number of halogens is 1. The molecule has 7 heteroatoms. The smallest absolute Gasteiger partial charge is 0.242 e. The first-order chi connectivity index (χ1) is 15.0. The summed E-state index contributed by atoms with van der Waals surface area (Å²) in [5.41, 5.74) is 0.910. The molecule has 0 saturated heterocycles. The molecule has 0 fully saturated rings. The van der Waals surface area contributed by atoms with Gasteiger partial charge in [-0.2, -0.15) is 0 Å². The highest BCUT2D eigenvalue weighted by molar-refractivity contribution is 6.30. The van der Waals surface area contributed by atoms with Gasteiger partial charge in [0, 0.05) is 24.5 Å². The molecule has 0 heterocycles. The summed E-state index contributed by atoms with van der Waals surface area (Å²) < 4.78 is 11.0. The molecule has 1 N–H and O–H groups in total. The van der Waals surface area contributed by atoms with E-state index in [-0.39, 0.29) is 18.2 Å². The number of carbonyl (C=O) groups is 2. The molecule has 6 nitrogen and oxygen atoms in total. The zero-order valence-corrected chi connectivity index (χ0v) is 19.2. The van der Waals surface area contributed by atoms with Crippen molar-refractivity contribution >= 4 is 23.4 Å². The molecule has 0 radical (unpaired) electrons. The first-order valence-corrected chi connectivity index (χ1v) is 10.9. The van der Waals surface area contributed by atoms with Crippen molar-refractivity contribution < 1.29 is 19.1 Å². The van der Waals surface area contributed by atoms with Crippen LogP contribution >= 0.6 is 11.6 Å². The summed E-state index contributed by atoms with van der Waals surface area (Å²) in [6, 6.07) is 14.1. The van der Waals surface area contributed by atoms with Crippen molar-refractivity contribution in [3.8, 4) is 11.5 Å². The van der Waals surface area contributed by atoms with Gasteiger partial charge in [0.15, 0.2) is 0 Å². The molecule has 1 atom stereocenters. The Hall–Kier alpha value is -2.73. The van der Waals surface area contributed by atoms with Gasteiger partial charge in [-0.3, -0.25) is 9.59 Å². The van der Waals surface area contributed by atoms with Gasteiger partial charge in [0.05, 0.1) is 13.7 Å². The summed E-state index contributed by atoms with van der Waals surface area (Å²) in [6.07, 6.45) is 1.36. The second kappa shape index (κ2) is 12.8. The van der Waals surface area contributed by atoms with E-state index in [0.29, 0.717) is 49.1 Å². The topological polar surface area (TPSA) is 67.9 Å². The lowest BCUT2D eigenvalue weighted by Crippen LogP contribution is -2.49. The van der Waals surface area contributed by atoms with E-state index in [1.165, 1.54) is 0 Å². The fourth-order valence-electron chi connectivity index (χ4n) is 3.27. The van der Waals surface area contributed by atoms with Crippen molar-refractivity contribution in [2.75, 3.05) is 20.3 Å². The van der Waals surface area contributed by atoms with E-state index >= 15 is 0 Å². The van der Waals surface area contributed by atoms with Gasteiger partial charge in [-0.1, -0.05) is 30.7 Å². The zero-order valence-electron chi connectivity index (χ0n) is 18.4. The van der Waals surface area contributed by atoms with Gasteiger partial charge in [-0.05, 0) is 61.7 Å². The van der Waals surface area contributed by atoms with Crippen molar-refractivity contribution in [1.82, 2.24) is 10.2 Å². The van der Waals surface area contributed by atoms with E-state index in [2.05, 4.69) is 5.32 Å². The lowest BCUT2D eigenvalue weighted by molar-refractivity contribution is -0.141. The Labute approximate surface area is 189 Å². The second-order valence-electron chi connectivity index (χ2n) is 7.10. The predicted molar refractivity (Wildman–Crippen MR) is 122 cm³/mol. The lowest BCUT2D eigenvalue weighted by atomic mass is 10.1. The molecule has 2 aromatic rings. The normalized spacial score (nSPS) is 11.5. The SMILES string of the molecule is CCNC(=O)[C@H](CC)N(Cc1cccc(OC)c1)C(=O)CCCOc1ccc(Cl)cc1. The van der Waals surface area contributed by atoms with Gasteiger partial charge in [0.1, 0.15) is 17.5 Å². The summed E-state index contributed by atoms with van der Waals surface area (Å²) in [4.78, 5) is 27.4. The quantitative estimate of drug-likeness (QED) is 0.489. The molecule has 2 amide bonds. The molecule has 0 aliphatic rings. The average Bonchev–Trinajstić information content (AvgIpc) is 2.78. The summed E-state index contributed by atoms with van der Waals surface area (Å²) in [5, 5.41) is 3.49. The highest BCUT2D eigenvalue weighted by Gasteiger charge is 2.28. The standard InChI is InChI=1S/C24H31ClN2O4/c1-4-22(24(29)26-5-2)27(17-18-8-6-9-21(16-18)30-3)23(28)10-7-15-31-20-13-11-19(25)12-14-20/h6,8-9,11-14,16,22H,4-5,7,10,15,17H2,1-3H3,(H,26,29)/t22-/m0/s1. The summed E-state index contributed by atoms with van der Waals surface area (Å²) in [6.45, 7) is 5.04. The molecule has 0 spiro atoms. The molecule has 168 valence electrons. The minimum Gasteiger partial charge on any atom is -0.497 e. The molecule has 2 aromatic carbocycles. The first kappa shape index (κ1) is 24.5. The third-order valence-corrected chi connectivity index (χ3v) is 5.09. The fraction of sp³-hybridized carbons (Fsp3) is 0.417. The van der Waals surface area contributed by atoms with Gasteiger partial charge in [0.25, 0.3) is 0 Å². The van der Waals surface area contributed by atoms with Gasteiger partial charge in [-0.25, -0.2) is 0 Å². The van der Waals surface area contributed by atoms with E-state index in [9.17, 15) is 9.59 Å². The van der Waals surface area contributed by atoms with Crippen LogP contribution in [0.4, 0.5) is 0 Å². The Morgan fingerprint density at radius 1 is 1.10 bits per heavy atom. The molecule has 0 aliphatic carbocycles. The second-order valence-corrected chi connectivity index (χ2v) is 7.53. The number of benzene rings is 2. The monoisotopic (exact) mass is 446 g/mol. The van der Waals surface area contributed by atoms with Gasteiger partial charge in [0.2, 0.25) is 11.8 Å². The Morgan fingerprint density at radius 3 is 2.48 bits per heavy atom. The van der Waals surface area contributed by atoms with E-state index in [1.807, 2.05) is 38.1 Å². The largest absolute Gasteiger partial charge is 0.497 e. The van der Waals surface area contributed by atoms with Crippen LogP contribution in [-0.2, 0) is 16.1 Å². The lowest BCUT2D eigenvalue weighted by Gasteiger charge is -2.30. The van der Waals surface area contributed by atoms with Gasteiger partial charge in [-0.15, -0.1) is 0 Å². The number of nitrogens with one attached hydrogen (secondary N) is 1. The van der Waals surface area contributed by atoms with E-state index in [0.717, 1.165) is 5.56 Å². The van der Waals surface area contributed by atoms with Crippen molar-refractivity contribution in [1.29, 1.82) is 0 Å². The number of likely N-dealkylation sites (N-methyl/N-ethyl adjacent to an activating group) is 1. The molecule has 2 rings (SSSR count). The number of hydrogen-bond donors (Lipinski definition) is 1. The Bertz CT molecular complexity index is 842. The Balaban J connectivity index is 2.05. The van der Waals surface area contributed by atoms with Crippen LogP contribution in [-0.4, -0.2) is 43.0 Å². The van der Waals surface area contributed by atoms with E-state index in [4.69, 9.17) is 21.1 Å². The highest BCUT2D eigenvalue weighted by Crippen LogP contribution is 2.19. The maximum Gasteiger partial charge on any atom is 0.242 e.